The maximum Gasteiger partial charge on any atom is 0.249 e. The second-order valence-electron chi connectivity index (χ2n) is 3.29. The minimum absolute atomic E-state index is 0.200. The van der Waals surface area contributed by atoms with Crippen molar-refractivity contribution in [3.63, 3.8) is 0 Å². The van der Waals surface area contributed by atoms with Crippen LogP contribution in [-0.4, -0.2) is 29.3 Å². The van der Waals surface area contributed by atoms with Crippen LogP contribution < -0.4 is 16.2 Å². The highest BCUT2D eigenvalue weighted by molar-refractivity contribution is 5.79. The Balaban J connectivity index is 3.06. The van der Waals surface area contributed by atoms with Crippen LogP contribution in [0.15, 0.2) is 18.2 Å². The number of nitrogen functional groups attached to an aromatic ring is 1. The van der Waals surface area contributed by atoms with Crippen LogP contribution in [0.4, 0.5) is 5.69 Å². The summed E-state index contributed by atoms with van der Waals surface area (Å²) >= 11 is 0. The Morgan fingerprint density at radius 3 is 2.56 bits per heavy atom. The van der Waals surface area contributed by atoms with E-state index in [1.54, 1.807) is 6.07 Å². The largest absolute Gasteiger partial charge is 0.497 e. The molecule has 0 fully saturated rings. The van der Waals surface area contributed by atoms with Gasteiger partial charge in [-0.2, -0.15) is 0 Å². The van der Waals surface area contributed by atoms with Gasteiger partial charge in [0.1, 0.15) is 11.9 Å². The van der Waals surface area contributed by atoms with Crippen LogP contribution in [-0.2, 0) is 4.79 Å². The predicted molar refractivity (Wildman–Crippen MR) is 57.6 cm³/mol. The van der Waals surface area contributed by atoms with Crippen molar-refractivity contribution in [2.24, 2.45) is 5.73 Å². The summed E-state index contributed by atoms with van der Waals surface area (Å²) < 4.78 is 4.94. The molecule has 1 rings (SSSR count). The number of methoxy groups -OCH3 is 1. The summed E-state index contributed by atoms with van der Waals surface area (Å²) in [5.41, 5.74) is 10.9. The number of anilines is 1. The average molecular weight is 226 g/mol. The Morgan fingerprint density at radius 2 is 2.06 bits per heavy atom. The molecule has 0 radical (unpaired) electrons. The molecule has 6 heteroatoms. The van der Waals surface area contributed by atoms with E-state index >= 15 is 0 Å². The molecule has 0 bridgehead atoms. The highest BCUT2D eigenvalue weighted by Crippen LogP contribution is 2.27. The van der Waals surface area contributed by atoms with Crippen molar-refractivity contribution in [3.05, 3.63) is 23.8 Å². The number of ether oxygens (including phenoxy) is 1. The van der Waals surface area contributed by atoms with Crippen molar-refractivity contribution in [3.8, 4) is 5.75 Å². The van der Waals surface area contributed by atoms with Gasteiger partial charge in [0.2, 0.25) is 5.91 Å². The number of hydrogen-bond donors (Lipinski definition) is 4. The van der Waals surface area contributed by atoms with Gasteiger partial charge in [-0.1, -0.05) is 0 Å². The first-order valence-corrected chi connectivity index (χ1v) is 4.56. The van der Waals surface area contributed by atoms with E-state index in [-0.39, 0.29) is 11.3 Å². The van der Waals surface area contributed by atoms with E-state index in [9.17, 15) is 15.0 Å². The summed E-state index contributed by atoms with van der Waals surface area (Å²) in [5.74, 6) is -0.561. The fraction of sp³-hybridized carbons (Fsp3) is 0.300. The monoisotopic (exact) mass is 226 g/mol. The number of hydrogen-bond acceptors (Lipinski definition) is 5. The lowest BCUT2D eigenvalue weighted by Gasteiger charge is -2.17. The lowest BCUT2D eigenvalue weighted by atomic mass is 10.0. The Labute approximate surface area is 92.4 Å². The van der Waals surface area contributed by atoms with Gasteiger partial charge < -0.3 is 26.4 Å². The van der Waals surface area contributed by atoms with Gasteiger partial charge >= 0.3 is 0 Å². The lowest BCUT2D eigenvalue weighted by Crippen LogP contribution is -2.34. The van der Waals surface area contributed by atoms with Gasteiger partial charge in [-0.25, -0.2) is 0 Å². The highest BCUT2D eigenvalue weighted by atomic mass is 16.5. The molecule has 16 heavy (non-hydrogen) atoms. The van der Waals surface area contributed by atoms with Crippen LogP contribution in [0.1, 0.15) is 11.7 Å². The Hall–Kier alpha value is -1.79. The number of rotatable bonds is 4. The van der Waals surface area contributed by atoms with Crippen molar-refractivity contribution in [1.29, 1.82) is 0 Å². The van der Waals surface area contributed by atoms with Crippen molar-refractivity contribution >= 4 is 11.6 Å². The van der Waals surface area contributed by atoms with E-state index in [1.807, 2.05) is 0 Å². The second kappa shape index (κ2) is 4.82. The van der Waals surface area contributed by atoms with E-state index in [0.717, 1.165) is 0 Å². The molecule has 2 unspecified atom stereocenters. The molecule has 0 aliphatic carbocycles. The van der Waals surface area contributed by atoms with E-state index in [0.29, 0.717) is 5.75 Å². The molecule has 0 aromatic heterocycles. The summed E-state index contributed by atoms with van der Waals surface area (Å²) in [6.07, 6.45) is -3.16. The van der Waals surface area contributed by atoms with E-state index in [4.69, 9.17) is 16.2 Å². The number of aliphatic hydroxyl groups is 2. The lowest BCUT2D eigenvalue weighted by molar-refractivity contribution is -0.131. The summed E-state index contributed by atoms with van der Waals surface area (Å²) in [6, 6.07) is 4.54. The molecular formula is C10H14N2O4. The summed E-state index contributed by atoms with van der Waals surface area (Å²) in [7, 11) is 1.45. The van der Waals surface area contributed by atoms with Gasteiger partial charge in [0.15, 0.2) is 6.10 Å². The number of primary amides is 1. The number of carbonyl (C=O) groups excluding carboxylic acids is 1. The van der Waals surface area contributed by atoms with Crippen molar-refractivity contribution in [2.45, 2.75) is 12.2 Å². The van der Waals surface area contributed by atoms with Crippen molar-refractivity contribution in [2.75, 3.05) is 12.8 Å². The minimum Gasteiger partial charge on any atom is -0.497 e. The Morgan fingerprint density at radius 1 is 1.44 bits per heavy atom. The van der Waals surface area contributed by atoms with Gasteiger partial charge in [0.05, 0.1) is 7.11 Å². The molecule has 6 N–H and O–H groups in total. The SMILES string of the molecule is COc1ccc(N)c(C(O)C(O)C(N)=O)c1. The molecule has 1 amide bonds. The van der Waals surface area contributed by atoms with Crippen LogP contribution in [0.25, 0.3) is 0 Å². The van der Waals surface area contributed by atoms with Gasteiger partial charge in [0, 0.05) is 11.3 Å². The molecule has 0 saturated carbocycles. The molecule has 0 spiro atoms. The van der Waals surface area contributed by atoms with Gasteiger partial charge in [-0.15, -0.1) is 0 Å². The standard InChI is InChI=1S/C10H14N2O4/c1-16-5-2-3-7(11)6(4-5)8(13)9(14)10(12)15/h2-4,8-9,13-14H,11H2,1H3,(H2,12,15). The van der Waals surface area contributed by atoms with Crippen LogP contribution >= 0.6 is 0 Å². The van der Waals surface area contributed by atoms with Gasteiger partial charge in [0.25, 0.3) is 0 Å². The molecule has 0 saturated heterocycles. The Bertz CT molecular complexity index is 394. The fourth-order valence-electron chi connectivity index (χ4n) is 1.26. The molecule has 0 heterocycles. The van der Waals surface area contributed by atoms with Crippen LogP contribution in [0.5, 0.6) is 5.75 Å². The average Bonchev–Trinajstić information content (AvgIpc) is 2.27. The van der Waals surface area contributed by atoms with Crippen LogP contribution in [0.2, 0.25) is 0 Å². The highest BCUT2D eigenvalue weighted by Gasteiger charge is 2.25. The second-order valence-corrected chi connectivity index (χ2v) is 3.29. The topological polar surface area (TPSA) is 119 Å². The third-order valence-electron chi connectivity index (χ3n) is 2.20. The normalized spacial score (nSPS) is 14.2. The predicted octanol–water partition coefficient (Wildman–Crippen LogP) is -0.843. The first-order chi connectivity index (χ1) is 7.47. The molecule has 0 aliphatic rings. The third kappa shape index (κ3) is 2.41. The third-order valence-corrected chi connectivity index (χ3v) is 2.20. The first-order valence-electron chi connectivity index (χ1n) is 4.56. The van der Waals surface area contributed by atoms with Crippen molar-refractivity contribution < 1.29 is 19.7 Å². The maximum atomic E-state index is 10.7. The number of benzene rings is 1. The fourth-order valence-corrected chi connectivity index (χ4v) is 1.26. The van der Waals surface area contributed by atoms with Gasteiger partial charge in [-0.3, -0.25) is 4.79 Å². The number of nitrogens with two attached hydrogens (primary N) is 2. The zero-order valence-electron chi connectivity index (χ0n) is 8.75. The molecule has 1 aromatic carbocycles. The maximum absolute atomic E-state index is 10.7. The zero-order chi connectivity index (χ0) is 12.3. The van der Waals surface area contributed by atoms with Crippen molar-refractivity contribution in [1.82, 2.24) is 0 Å². The first kappa shape index (κ1) is 12.3. The Kier molecular flexibility index (Phi) is 3.70. The molecule has 1 aromatic rings. The molecule has 0 aliphatic heterocycles. The number of carbonyl (C=O) groups is 1. The molecule has 2 atom stereocenters. The molecule has 88 valence electrons. The molecule has 6 nitrogen and oxygen atoms in total. The van der Waals surface area contributed by atoms with Crippen LogP contribution in [0.3, 0.4) is 0 Å². The smallest absolute Gasteiger partial charge is 0.249 e. The van der Waals surface area contributed by atoms with Gasteiger partial charge in [-0.05, 0) is 18.2 Å². The van der Waals surface area contributed by atoms with Crippen LogP contribution in [0, 0.1) is 0 Å². The zero-order valence-corrected chi connectivity index (χ0v) is 8.75. The molecular weight excluding hydrogens is 212 g/mol. The quantitative estimate of drug-likeness (QED) is 0.499. The number of amides is 1. The minimum atomic E-state index is -1.70. The van der Waals surface area contributed by atoms with E-state index in [1.165, 1.54) is 19.2 Å². The van der Waals surface area contributed by atoms with E-state index < -0.39 is 18.1 Å². The summed E-state index contributed by atoms with van der Waals surface area (Å²) in [6.45, 7) is 0. The van der Waals surface area contributed by atoms with E-state index in [2.05, 4.69) is 0 Å². The number of aliphatic hydroxyl groups excluding tert-OH is 2. The summed E-state index contributed by atoms with van der Waals surface area (Å²) in [5, 5.41) is 19.0. The summed E-state index contributed by atoms with van der Waals surface area (Å²) in [4.78, 5) is 10.7.